The number of ether oxygens (including phenoxy) is 1. The molecule has 3 heterocycles. The first-order valence-corrected chi connectivity index (χ1v) is 8.78. The topological polar surface area (TPSA) is 91.9 Å². The summed E-state index contributed by atoms with van der Waals surface area (Å²) in [6.07, 6.45) is 5.62. The van der Waals surface area contributed by atoms with Crippen molar-refractivity contribution >= 4 is 17.1 Å². The van der Waals surface area contributed by atoms with Crippen LogP contribution < -0.4 is 15.4 Å². The van der Waals surface area contributed by atoms with Crippen molar-refractivity contribution in [3.8, 4) is 17.0 Å². The first-order valence-electron chi connectivity index (χ1n) is 8.78. The fraction of sp³-hybridized carbons (Fsp3) is 0.316. The first kappa shape index (κ1) is 16.5. The highest BCUT2D eigenvalue weighted by molar-refractivity contribution is 5.97. The number of nitrogens with one attached hydrogen (secondary N) is 3. The number of aromatic amines is 1. The van der Waals surface area contributed by atoms with E-state index in [0.29, 0.717) is 17.1 Å². The molecule has 1 amide bonds. The van der Waals surface area contributed by atoms with Gasteiger partial charge in [-0.1, -0.05) is 12.1 Å². The van der Waals surface area contributed by atoms with Gasteiger partial charge < -0.3 is 20.4 Å². The van der Waals surface area contributed by atoms with E-state index in [-0.39, 0.29) is 12.0 Å². The molecule has 2 aromatic heterocycles. The van der Waals surface area contributed by atoms with Crippen molar-refractivity contribution in [3.05, 3.63) is 42.2 Å². The Balaban J connectivity index is 1.67. The van der Waals surface area contributed by atoms with Crippen LogP contribution in [-0.2, 0) is 0 Å². The van der Waals surface area contributed by atoms with E-state index in [1.54, 1.807) is 19.3 Å². The smallest absolute Gasteiger partial charge is 0.251 e. The fourth-order valence-electron chi connectivity index (χ4n) is 3.21. The zero-order chi connectivity index (χ0) is 17.9. The van der Waals surface area contributed by atoms with Gasteiger partial charge in [-0.3, -0.25) is 4.79 Å². The molecule has 0 saturated carbocycles. The van der Waals surface area contributed by atoms with Crippen molar-refractivity contribution in [2.75, 3.05) is 20.1 Å². The zero-order valence-corrected chi connectivity index (χ0v) is 14.6. The average Bonchev–Trinajstić information content (AvgIpc) is 3.11. The molecule has 1 saturated heterocycles. The lowest BCUT2D eigenvalue weighted by Gasteiger charge is -2.23. The van der Waals surface area contributed by atoms with Crippen LogP contribution >= 0.6 is 0 Å². The van der Waals surface area contributed by atoms with Gasteiger partial charge in [0.15, 0.2) is 5.65 Å². The number of hydrogen-bond donors (Lipinski definition) is 3. The summed E-state index contributed by atoms with van der Waals surface area (Å²) in [6.45, 7) is 1.92. The molecule has 0 aliphatic carbocycles. The third-order valence-corrected chi connectivity index (χ3v) is 4.60. The fourth-order valence-corrected chi connectivity index (χ4v) is 3.21. The molecule has 0 atom stereocenters. The molecule has 134 valence electrons. The standard InChI is InChI=1S/C19H21N5O2/c1-20-19(25)13-4-2-3-12(9-13)15-10-22-18-17(15)24-16(11-23-18)26-14-5-7-21-8-6-14/h2-4,9-11,14,21H,5-8H2,1H3,(H,20,25)(H,22,23). The summed E-state index contributed by atoms with van der Waals surface area (Å²) in [5.41, 5.74) is 3.85. The number of nitrogens with zero attached hydrogens (tertiary/aromatic N) is 2. The minimum absolute atomic E-state index is 0.118. The largest absolute Gasteiger partial charge is 0.473 e. The Bertz CT molecular complexity index is 931. The van der Waals surface area contributed by atoms with E-state index >= 15 is 0 Å². The van der Waals surface area contributed by atoms with Gasteiger partial charge in [0.2, 0.25) is 5.88 Å². The molecule has 0 unspecified atom stereocenters. The van der Waals surface area contributed by atoms with Gasteiger partial charge in [0.25, 0.3) is 5.91 Å². The van der Waals surface area contributed by atoms with E-state index in [9.17, 15) is 4.79 Å². The van der Waals surface area contributed by atoms with Crippen LogP contribution in [0, 0.1) is 0 Å². The predicted octanol–water partition coefficient (Wildman–Crippen LogP) is 2.12. The number of rotatable bonds is 4. The zero-order valence-electron chi connectivity index (χ0n) is 14.6. The molecule has 1 aliphatic rings. The van der Waals surface area contributed by atoms with E-state index in [1.807, 2.05) is 24.4 Å². The summed E-state index contributed by atoms with van der Waals surface area (Å²) in [5, 5.41) is 5.97. The summed E-state index contributed by atoms with van der Waals surface area (Å²) >= 11 is 0. The molecule has 0 radical (unpaired) electrons. The molecule has 1 aromatic carbocycles. The van der Waals surface area contributed by atoms with E-state index in [0.717, 1.165) is 42.6 Å². The average molecular weight is 351 g/mol. The van der Waals surface area contributed by atoms with Crippen LogP contribution in [0.4, 0.5) is 0 Å². The Kier molecular flexibility index (Phi) is 4.53. The Hall–Kier alpha value is -2.93. The lowest BCUT2D eigenvalue weighted by atomic mass is 10.0. The van der Waals surface area contributed by atoms with Gasteiger partial charge in [0, 0.05) is 24.4 Å². The van der Waals surface area contributed by atoms with Crippen molar-refractivity contribution in [3.63, 3.8) is 0 Å². The maximum atomic E-state index is 11.9. The molecule has 0 spiro atoms. The lowest BCUT2D eigenvalue weighted by molar-refractivity contribution is 0.0963. The second kappa shape index (κ2) is 7.13. The second-order valence-electron chi connectivity index (χ2n) is 6.33. The maximum Gasteiger partial charge on any atom is 0.251 e. The van der Waals surface area contributed by atoms with Gasteiger partial charge in [-0.25, -0.2) is 9.97 Å². The van der Waals surface area contributed by atoms with Crippen LogP contribution in [-0.4, -0.2) is 47.1 Å². The Morgan fingerprint density at radius 2 is 2.15 bits per heavy atom. The Labute approximate surface area is 151 Å². The van der Waals surface area contributed by atoms with Crippen LogP contribution in [0.1, 0.15) is 23.2 Å². The van der Waals surface area contributed by atoms with Crippen LogP contribution in [0.3, 0.4) is 0 Å². The predicted molar refractivity (Wildman–Crippen MR) is 99.2 cm³/mol. The molecule has 7 heteroatoms. The first-order chi connectivity index (χ1) is 12.7. The minimum Gasteiger partial charge on any atom is -0.473 e. The summed E-state index contributed by atoms with van der Waals surface area (Å²) in [4.78, 5) is 24.1. The molecule has 26 heavy (non-hydrogen) atoms. The van der Waals surface area contributed by atoms with Crippen molar-refractivity contribution < 1.29 is 9.53 Å². The van der Waals surface area contributed by atoms with Crippen LogP contribution in [0.15, 0.2) is 36.7 Å². The quantitative estimate of drug-likeness (QED) is 0.670. The van der Waals surface area contributed by atoms with Gasteiger partial charge in [-0.2, -0.15) is 0 Å². The molecule has 3 aromatic rings. The lowest BCUT2D eigenvalue weighted by Crippen LogP contribution is -2.34. The van der Waals surface area contributed by atoms with Crippen molar-refractivity contribution in [1.29, 1.82) is 0 Å². The highest BCUT2D eigenvalue weighted by atomic mass is 16.5. The highest BCUT2D eigenvalue weighted by Gasteiger charge is 2.17. The molecular formula is C19H21N5O2. The number of carbonyl (C=O) groups is 1. The minimum atomic E-state index is -0.118. The Morgan fingerprint density at radius 3 is 2.96 bits per heavy atom. The van der Waals surface area contributed by atoms with Gasteiger partial charge in [0.1, 0.15) is 11.6 Å². The molecule has 0 bridgehead atoms. The third-order valence-electron chi connectivity index (χ3n) is 4.60. The van der Waals surface area contributed by atoms with Crippen molar-refractivity contribution in [2.24, 2.45) is 0 Å². The third kappa shape index (κ3) is 3.25. The summed E-state index contributed by atoms with van der Waals surface area (Å²) in [6, 6.07) is 7.45. The summed E-state index contributed by atoms with van der Waals surface area (Å²) in [7, 11) is 1.62. The molecule has 7 nitrogen and oxygen atoms in total. The van der Waals surface area contributed by atoms with Crippen LogP contribution in [0.25, 0.3) is 22.3 Å². The van der Waals surface area contributed by atoms with Gasteiger partial charge in [-0.15, -0.1) is 0 Å². The number of aromatic nitrogens is 3. The molecule has 1 fully saturated rings. The van der Waals surface area contributed by atoms with Crippen molar-refractivity contribution in [2.45, 2.75) is 18.9 Å². The van der Waals surface area contributed by atoms with E-state index in [2.05, 4.69) is 25.6 Å². The molecule has 1 aliphatic heterocycles. The monoisotopic (exact) mass is 351 g/mol. The van der Waals surface area contributed by atoms with Gasteiger partial charge >= 0.3 is 0 Å². The van der Waals surface area contributed by atoms with Crippen LogP contribution in [0.5, 0.6) is 5.88 Å². The van der Waals surface area contributed by atoms with Crippen LogP contribution in [0.2, 0.25) is 0 Å². The molecule has 4 rings (SSSR count). The number of H-pyrrole nitrogens is 1. The number of hydrogen-bond acceptors (Lipinski definition) is 5. The number of carbonyl (C=O) groups excluding carboxylic acids is 1. The highest BCUT2D eigenvalue weighted by Crippen LogP contribution is 2.28. The summed E-state index contributed by atoms with van der Waals surface area (Å²) < 4.78 is 6.01. The second-order valence-corrected chi connectivity index (χ2v) is 6.33. The van der Waals surface area contributed by atoms with E-state index < -0.39 is 0 Å². The SMILES string of the molecule is CNC(=O)c1cccc(-c2c[nH]c3ncc(OC4CCNCC4)nc23)c1. The maximum absolute atomic E-state index is 11.9. The van der Waals surface area contributed by atoms with Crippen molar-refractivity contribution in [1.82, 2.24) is 25.6 Å². The number of benzene rings is 1. The number of fused-ring (bicyclic) bond motifs is 1. The Morgan fingerprint density at radius 1 is 1.31 bits per heavy atom. The number of amides is 1. The van der Waals surface area contributed by atoms with E-state index in [4.69, 9.17) is 4.74 Å². The number of piperidine rings is 1. The molecular weight excluding hydrogens is 330 g/mol. The van der Waals surface area contributed by atoms with Gasteiger partial charge in [-0.05, 0) is 43.6 Å². The normalized spacial score (nSPS) is 15.1. The summed E-state index contributed by atoms with van der Waals surface area (Å²) in [5.74, 6) is 0.417. The van der Waals surface area contributed by atoms with Gasteiger partial charge in [0.05, 0.1) is 6.20 Å². The van der Waals surface area contributed by atoms with E-state index in [1.165, 1.54) is 0 Å². The molecule has 3 N–H and O–H groups in total.